The average Bonchev–Trinajstić information content (AvgIpc) is 2.94. The number of aryl methyl sites for hydroxylation is 3. The van der Waals surface area contributed by atoms with Crippen molar-refractivity contribution in [2.75, 3.05) is 0 Å². The fourth-order valence-corrected chi connectivity index (χ4v) is 3.42. The number of aromatic nitrogens is 1. The van der Waals surface area contributed by atoms with E-state index in [9.17, 15) is 0 Å². The Kier molecular flexibility index (Phi) is 3.14. The fraction of sp³-hybridized carbons (Fsp3) is 0.143. The Bertz CT molecular complexity index is 1150. The molecule has 0 aliphatic carbocycles. The number of hydrogen-bond donors (Lipinski definition) is 0. The van der Waals surface area contributed by atoms with Crippen LogP contribution < -0.4 is 4.57 Å². The number of nitrogens with zero attached hydrogens (tertiary/aromatic N) is 2. The third-order valence-corrected chi connectivity index (χ3v) is 4.58. The van der Waals surface area contributed by atoms with Gasteiger partial charge in [-0.1, -0.05) is 18.2 Å². The molecular weight excluding hydrogens is 296 g/mol. The summed E-state index contributed by atoms with van der Waals surface area (Å²) in [5, 5.41) is 1.92. The Balaban J connectivity index is 2.22. The van der Waals surface area contributed by atoms with E-state index in [4.69, 9.17) is 11.0 Å². The standard InChI is InChI=1S/C21H17N2O/c1-13-8-7-9-15-19-17(24-21(13)15)12-14(2)18(20(19)22-3)16-10-5-6-11-23(16)4/h5-12H,1-2,4H3/q+1. The number of furan rings is 1. The van der Waals surface area contributed by atoms with Crippen LogP contribution in [0.1, 0.15) is 11.1 Å². The van der Waals surface area contributed by atoms with Crippen LogP contribution in [-0.4, -0.2) is 0 Å². The minimum absolute atomic E-state index is 0.663. The largest absolute Gasteiger partial charge is 0.457 e. The Labute approximate surface area is 140 Å². The summed E-state index contributed by atoms with van der Waals surface area (Å²) < 4.78 is 8.13. The maximum Gasteiger partial charge on any atom is 0.212 e. The molecular formula is C21H17N2O+. The average molecular weight is 313 g/mol. The van der Waals surface area contributed by atoms with Gasteiger partial charge in [-0.05, 0) is 37.1 Å². The van der Waals surface area contributed by atoms with E-state index in [0.717, 1.165) is 44.3 Å². The van der Waals surface area contributed by atoms with Crippen LogP contribution in [0.3, 0.4) is 0 Å². The van der Waals surface area contributed by atoms with E-state index >= 15 is 0 Å². The summed E-state index contributed by atoms with van der Waals surface area (Å²) >= 11 is 0. The lowest BCUT2D eigenvalue weighted by atomic mass is 9.98. The molecule has 116 valence electrons. The molecule has 4 aromatic rings. The molecule has 0 amide bonds. The zero-order valence-corrected chi connectivity index (χ0v) is 13.9. The normalized spacial score (nSPS) is 11.1. The number of benzene rings is 2. The maximum absolute atomic E-state index is 7.82. The molecule has 0 saturated heterocycles. The van der Waals surface area contributed by atoms with E-state index in [2.05, 4.69) is 15.5 Å². The van der Waals surface area contributed by atoms with E-state index in [1.165, 1.54) is 0 Å². The van der Waals surface area contributed by atoms with Crippen LogP contribution in [0.15, 0.2) is 53.1 Å². The van der Waals surface area contributed by atoms with Crippen molar-refractivity contribution in [2.45, 2.75) is 13.8 Å². The summed E-state index contributed by atoms with van der Waals surface area (Å²) in [6.07, 6.45) is 2.00. The number of pyridine rings is 1. The topological polar surface area (TPSA) is 21.4 Å². The number of rotatable bonds is 1. The lowest BCUT2D eigenvalue weighted by Crippen LogP contribution is -2.30. The molecule has 2 aromatic carbocycles. The van der Waals surface area contributed by atoms with Gasteiger partial charge in [0.05, 0.1) is 12.1 Å². The Hall–Kier alpha value is -3.12. The highest BCUT2D eigenvalue weighted by Crippen LogP contribution is 2.43. The van der Waals surface area contributed by atoms with Gasteiger partial charge in [0.1, 0.15) is 18.2 Å². The molecule has 2 heterocycles. The van der Waals surface area contributed by atoms with Gasteiger partial charge < -0.3 is 4.42 Å². The van der Waals surface area contributed by atoms with Crippen LogP contribution in [-0.2, 0) is 7.05 Å². The fourth-order valence-electron chi connectivity index (χ4n) is 3.42. The Morgan fingerprint density at radius 3 is 2.62 bits per heavy atom. The number of fused-ring (bicyclic) bond motifs is 3. The predicted octanol–water partition coefficient (Wildman–Crippen LogP) is 5.25. The van der Waals surface area contributed by atoms with E-state index in [1.54, 1.807) is 0 Å². The summed E-state index contributed by atoms with van der Waals surface area (Å²) in [6.45, 7) is 11.9. The number of hydrogen-bond acceptors (Lipinski definition) is 1. The minimum Gasteiger partial charge on any atom is -0.457 e. The van der Waals surface area contributed by atoms with Crippen LogP contribution >= 0.6 is 0 Å². The van der Waals surface area contributed by atoms with Crippen molar-refractivity contribution in [1.29, 1.82) is 0 Å². The van der Waals surface area contributed by atoms with Gasteiger partial charge in [-0.25, -0.2) is 9.41 Å². The lowest BCUT2D eigenvalue weighted by Gasteiger charge is -2.08. The monoisotopic (exact) mass is 313 g/mol. The first-order chi connectivity index (χ1) is 11.6. The molecule has 3 heteroatoms. The summed E-state index contributed by atoms with van der Waals surface area (Å²) in [7, 11) is 2.00. The van der Waals surface area contributed by atoms with Gasteiger partial charge >= 0.3 is 0 Å². The van der Waals surface area contributed by atoms with E-state index < -0.39 is 0 Å². The van der Waals surface area contributed by atoms with E-state index in [-0.39, 0.29) is 0 Å². The summed E-state index contributed by atoms with van der Waals surface area (Å²) in [4.78, 5) is 3.91. The first-order valence-corrected chi connectivity index (χ1v) is 7.89. The second-order valence-electron chi connectivity index (χ2n) is 6.15. The molecule has 0 bridgehead atoms. The van der Waals surface area contributed by atoms with Crippen molar-refractivity contribution < 1.29 is 8.98 Å². The molecule has 0 N–H and O–H groups in total. The summed E-state index contributed by atoms with van der Waals surface area (Å²) in [6, 6.07) is 14.2. The first kappa shape index (κ1) is 14.5. The lowest BCUT2D eigenvalue weighted by molar-refractivity contribution is -0.660. The molecule has 0 spiro atoms. The van der Waals surface area contributed by atoms with Crippen LogP contribution in [0, 0.1) is 20.4 Å². The molecule has 0 saturated carbocycles. The van der Waals surface area contributed by atoms with Gasteiger partial charge in [0.25, 0.3) is 0 Å². The minimum atomic E-state index is 0.663. The van der Waals surface area contributed by atoms with E-state index in [1.807, 2.05) is 63.5 Å². The van der Waals surface area contributed by atoms with Crippen LogP contribution in [0.25, 0.3) is 38.0 Å². The number of para-hydroxylation sites is 1. The van der Waals surface area contributed by atoms with Crippen molar-refractivity contribution in [3.05, 3.63) is 71.2 Å². The first-order valence-electron chi connectivity index (χ1n) is 7.89. The Morgan fingerprint density at radius 2 is 1.88 bits per heavy atom. The SMILES string of the molecule is [C-]#[N+]c1c(-c2cccc[n+]2C)c(C)cc2oc3c(C)cccc3c12. The molecule has 0 unspecified atom stereocenters. The zero-order valence-electron chi connectivity index (χ0n) is 13.9. The zero-order chi connectivity index (χ0) is 16.8. The highest BCUT2D eigenvalue weighted by atomic mass is 16.3. The van der Waals surface area contributed by atoms with E-state index in [0.29, 0.717) is 5.69 Å². The van der Waals surface area contributed by atoms with Gasteiger partial charge in [0, 0.05) is 22.9 Å². The van der Waals surface area contributed by atoms with Crippen molar-refractivity contribution in [3.8, 4) is 11.3 Å². The molecule has 24 heavy (non-hydrogen) atoms. The van der Waals surface area contributed by atoms with Gasteiger partial charge in [-0.3, -0.25) is 0 Å². The molecule has 0 atom stereocenters. The maximum atomic E-state index is 7.82. The van der Waals surface area contributed by atoms with Crippen molar-refractivity contribution >= 4 is 27.6 Å². The third kappa shape index (κ3) is 1.93. The Morgan fingerprint density at radius 1 is 1.04 bits per heavy atom. The van der Waals surface area contributed by atoms with Crippen molar-refractivity contribution in [1.82, 2.24) is 0 Å². The molecule has 3 nitrogen and oxygen atoms in total. The quantitative estimate of drug-likeness (QED) is 0.347. The van der Waals surface area contributed by atoms with Gasteiger partial charge in [-0.15, -0.1) is 0 Å². The van der Waals surface area contributed by atoms with Crippen LogP contribution in [0.4, 0.5) is 5.69 Å². The smallest absolute Gasteiger partial charge is 0.212 e. The van der Waals surface area contributed by atoms with Crippen LogP contribution in [0.2, 0.25) is 0 Å². The summed E-state index contributed by atoms with van der Waals surface area (Å²) in [5.41, 5.74) is 6.46. The molecule has 0 aliphatic rings. The molecule has 2 aromatic heterocycles. The molecule has 0 aliphatic heterocycles. The second-order valence-corrected chi connectivity index (χ2v) is 6.15. The van der Waals surface area contributed by atoms with Gasteiger partial charge in [0.2, 0.25) is 11.4 Å². The highest BCUT2D eigenvalue weighted by molar-refractivity contribution is 6.15. The molecule has 4 rings (SSSR count). The van der Waals surface area contributed by atoms with Crippen molar-refractivity contribution in [2.24, 2.45) is 7.05 Å². The molecule has 0 radical (unpaired) electrons. The van der Waals surface area contributed by atoms with Gasteiger partial charge in [0.15, 0.2) is 6.20 Å². The summed E-state index contributed by atoms with van der Waals surface area (Å²) in [5.74, 6) is 0. The van der Waals surface area contributed by atoms with Crippen LogP contribution in [0.5, 0.6) is 0 Å². The predicted molar refractivity (Wildman–Crippen MR) is 96.1 cm³/mol. The highest BCUT2D eigenvalue weighted by Gasteiger charge is 2.23. The van der Waals surface area contributed by atoms with Gasteiger partial charge in [-0.2, -0.15) is 0 Å². The molecule has 0 fully saturated rings. The second kappa shape index (κ2) is 5.21. The third-order valence-electron chi connectivity index (χ3n) is 4.58. The van der Waals surface area contributed by atoms with Crippen molar-refractivity contribution in [3.63, 3.8) is 0 Å².